The molecule has 1 aliphatic rings. The predicted molar refractivity (Wildman–Crippen MR) is 97.1 cm³/mol. The monoisotopic (exact) mass is 339 g/mol. The Labute approximate surface area is 146 Å². The van der Waals surface area contributed by atoms with Crippen molar-refractivity contribution in [3.05, 3.63) is 53.6 Å². The zero-order valence-electron chi connectivity index (χ0n) is 14.1. The van der Waals surface area contributed by atoms with Gasteiger partial charge in [0.25, 0.3) is 5.91 Å². The Hall–Kier alpha value is -3.02. The number of anilines is 2. The van der Waals surface area contributed by atoms with E-state index in [9.17, 15) is 14.7 Å². The highest BCUT2D eigenvalue weighted by Crippen LogP contribution is 2.22. The molecule has 0 bridgehead atoms. The van der Waals surface area contributed by atoms with Crippen LogP contribution in [-0.4, -0.2) is 35.0 Å². The molecule has 1 fully saturated rings. The van der Waals surface area contributed by atoms with Crippen LogP contribution >= 0.6 is 0 Å². The van der Waals surface area contributed by atoms with Crippen molar-refractivity contribution in [1.82, 2.24) is 4.90 Å². The van der Waals surface area contributed by atoms with E-state index in [2.05, 4.69) is 10.6 Å². The van der Waals surface area contributed by atoms with Crippen molar-refractivity contribution < 1.29 is 14.7 Å². The van der Waals surface area contributed by atoms with E-state index in [0.717, 1.165) is 31.5 Å². The van der Waals surface area contributed by atoms with Gasteiger partial charge < -0.3 is 20.6 Å². The van der Waals surface area contributed by atoms with Crippen molar-refractivity contribution >= 4 is 23.3 Å². The number of urea groups is 1. The molecule has 0 atom stereocenters. The molecule has 2 aromatic rings. The van der Waals surface area contributed by atoms with Gasteiger partial charge >= 0.3 is 6.03 Å². The molecule has 3 N–H and O–H groups in total. The Kier molecular flexibility index (Phi) is 4.88. The molecule has 2 aromatic carbocycles. The van der Waals surface area contributed by atoms with Crippen molar-refractivity contribution in [1.29, 1.82) is 0 Å². The summed E-state index contributed by atoms with van der Waals surface area (Å²) in [5.41, 5.74) is 2.53. The molecule has 0 radical (unpaired) electrons. The van der Waals surface area contributed by atoms with Gasteiger partial charge in [-0.15, -0.1) is 0 Å². The van der Waals surface area contributed by atoms with Gasteiger partial charge in [-0.25, -0.2) is 4.79 Å². The van der Waals surface area contributed by atoms with Gasteiger partial charge in [0.2, 0.25) is 0 Å². The van der Waals surface area contributed by atoms with E-state index in [1.54, 1.807) is 30.3 Å². The minimum Gasteiger partial charge on any atom is -0.508 e. The van der Waals surface area contributed by atoms with Crippen LogP contribution in [0.25, 0.3) is 0 Å². The Morgan fingerprint density at radius 2 is 1.68 bits per heavy atom. The van der Waals surface area contributed by atoms with Gasteiger partial charge in [-0.1, -0.05) is 6.07 Å². The average Bonchev–Trinajstić information content (AvgIpc) is 3.13. The SMILES string of the molecule is Cc1c(NC(=O)Nc2ccc(O)cc2)cccc1C(=O)N1CCCC1. The summed E-state index contributed by atoms with van der Waals surface area (Å²) in [4.78, 5) is 26.6. The van der Waals surface area contributed by atoms with Gasteiger partial charge in [0.05, 0.1) is 0 Å². The molecular formula is C19H21N3O3. The fourth-order valence-electron chi connectivity index (χ4n) is 2.92. The maximum absolute atomic E-state index is 12.6. The molecule has 6 nitrogen and oxygen atoms in total. The Morgan fingerprint density at radius 3 is 2.36 bits per heavy atom. The first kappa shape index (κ1) is 16.8. The normalized spacial score (nSPS) is 13.6. The number of benzene rings is 2. The van der Waals surface area contributed by atoms with E-state index < -0.39 is 6.03 Å². The van der Waals surface area contributed by atoms with Crippen molar-refractivity contribution in [2.75, 3.05) is 23.7 Å². The molecule has 1 heterocycles. The number of phenols is 1. The van der Waals surface area contributed by atoms with E-state index >= 15 is 0 Å². The number of likely N-dealkylation sites (tertiary alicyclic amines) is 1. The molecule has 0 aliphatic carbocycles. The second kappa shape index (κ2) is 7.25. The number of phenolic OH excluding ortho intramolecular Hbond substituents is 1. The van der Waals surface area contributed by atoms with Crippen LogP contribution in [-0.2, 0) is 0 Å². The fraction of sp³-hybridized carbons (Fsp3) is 0.263. The summed E-state index contributed by atoms with van der Waals surface area (Å²) in [5, 5.41) is 14.7. The first-order valence-electron chi connectivity index (χ1n) is 8.30. The van der Waals surface area contributed by atoms with Crippen molar-refractivity contribution in [3.8, 4) is 5.75 Å². The topological polar surface area (TPSA) is 81.7 Å². The molecule has 6 heteroatoms. The number of aromatic hydroxyl groups is 1. The summed E-state index contributed by atoms with van der Waals surface area (Å²) >= 11 is 0. The number of nitrogens with one attached hydrogen (secondary N) is 2. The van der Waals surface area contributed by atoms with Gasteiger partial charge in [0, 0.05) is 30.0 Å². The maximum atomic E-state index is 12.6. The zero-order chi connectivity index (χ0) is 17.8. The lowest BCUT2D eigenvalue weighted by Crippen LogP contribution is -2.28. The Balaban J connectivity index is 1.71. The molecule has 0 saturated carbocycles. The number of nitrogens with zero attached hydrogens (tertiary/aromatic N) is 1. The Morgan fingerprint density at radius 1 is 1.00 bits per heavy atom. The lowest BCUT2D eigenvalue weighted by Gasteiger charge is -2.18. The van der Waals surface area contributed by atoms with Crippen LogP contribution in [0.4, 0.5) is 16.2 Å². The number of rotatable bonds is 3. The van der Waals surface area contributed by atoms with E-state index in [4.69, 9.17) is 0 Å². The van der Waals surface area contributed by atoms with Crippen molar-refractivity contribution in [2.45, 2.75) is 19.8 Å². The molecule has 3 amide bonds. The smallest absolute Gasteiger partial charge is 0.323 e. The highest BCUT2D eigenvalue weighted by molar-refractivity contribution is 6.02. The summed E-state index contributed by atoms with van der Waals surface area (Å²) < 4.78 is 0. The standard InChI is InChI=1S/C19H21N3O3/c1-13-16(18(24)22-11-2-3-12-22)5-4-6-17(13)21-19(25)20-14-7-9-15(23)10-8-14/h4-10,23H,2-3,11-12H2,1H3,(H2,20,21,25). The van der Waals surface area contributed by atoms with Crippen LogP contribution in [0.5, 0.6) is 5.75 Å². The quantitative estimate of drug-likeness (QED) is 0.748. The molecule has 0 unspecified atom stereocenters. The van der Waals surface area contributed by atoms with Crippen LogP contribution in [0, 0.1) is 6.92 Å². The summed E-state index contributed by atoms with van der Waals surface area (Å²) in [6, 6.07) is 11.1. The lowest BCUT2D eigenvalue weighted by molar-refractivity contribution is 0.0792. The zero-order valence-corrected chi connectivity index (χ0v) is 14.1. The maximum Gasteiger partial charge on any atom is 0.323 e. The molecule has 3 rings (SSSR count). The average molecular weight is 339 g/mol. The molecule has 130 valence electrons. The number of carbonyl (C=O) groups is 2. The van der Waals surface area contributed by atoms with Gasteiger partial charge in [0.15, 0.2) is 0 Å². The van der Waals surface area contributed by atoms with Gasteiger partial charge in [-0.05, 0) is 61.7 Å². The minimum atomic E-state index is -0.403. The fourth-order valence-corrected chi connectivity index (χ4v) is 2.92. The van der Waals surface area contributed by atoms with Crippen molar-refractivity contribution in [2.24, 2.45) is 0 Å². The minimum absolute atomic E-state index is 0.0117. The van der Waals surface area contributed by atoms with E-state index in [1.165, 1.54) is 12.1 Å². The Bertz CT molecular complexity index is 781. The van der Waals surface area contributed by atoms with Crippen LogP contribution in [0.3, 0.4) is 0 Å². The molecular weight excluding hydrogens is 318 g/mol. The largest absolute Gasteiger partial charge is 0.508 e. The van der Waals surface area contributed by atoms with E-state index in [1.807, 2.05) is 11.8 Å². The molecule has 0 aromatic heterocycles. The van der Waals surface area contributed by atoms with Crippen molar-refractivity contribution in [3.63, 3.8) is 0 Å². The van der Waals surface area contributed by atoms with Gasteiger partial charge in [-0.3, -0.25) is 4.79 Å². The van der Waals surface area contributed by atoms with Crippen LogP contribution in [0.15, 0.2) is 42.5 Å². The molecule has 1 aliphatic heterocycles. The number of amides is 3. The molecule has 1 saturated heterocycles. The predicted octanol–water partition coefficient (Wildman–Crippen LogP) is 3.58. The van der Waals surface area contributed by atoms with Gasteiger partial charge in [-0.2, -0.15) is 0 Å². The molecule has 0 spiro atoms. The highest BCUT2D eigenvalue weighted by atomic mass is 16.3. The summed E-state index contributed by atoms with van der Waals surface area (Å²) in [6.07, 6.45) is 2.08. The van der Waals surface area contributed by atoms with E-state index in [-0.39, 0.29) is 11.7 Å². The second-order valence-electron chi connectivity index (χ2n) is 6.10. The highest BCUT2D eigenvalue weighted by Gasteiger charge is 2.22. The summed E-state index contributed by atoms with van der Waals surface area (Å²) in [7, 11) is 0. The second-order valence-corrected chi connectivity index (χ2v) is 6.10. The lowest BCUT2D eigenvalue weighted by atomic mass is 10.1. The molecule has 25 heavy (non-hydrogen) atoms. The number of hydrogen-bond donors (Lipinski definition) is 3. The first-order chi connectivity index (χ1) is 12.0. The first-order valence-corrected chi connectivity index (χ1v) is 8.30. The van der Waals surface area contributed by atoms with Gasteiger partial charge in [0.1, 0.15) is 5.75 Å². The van der Waals surface area contributed by atoms with E-state index in [0.29, 0.717) is 16.9 Å². The van der Waals surface area contributed by atoms with Crippen LogP contribution in [0.2, 0.25) is 0 Å². The third-order valence-electron chi connectivity index (χ3n) is 4.33. The van der Waals surface area contributed by atoms with Crippen LogP contribution in [0.1, 0.15) is 28.8 Å². The summed E-state index contributed by atoms with van der Waals surface area (Å²) in [5.74, 6) is 0.146. The number of hydrogen-bond acceptors (Lipinski definition) is 3. The third-order valence-corrected chi connectivity index (χ3v) is 4.33. The summed E-state index contributed by atoms with van der Waals surface area (Å²) in [6.45, 7) is 3.41. The third kappa shape index (κ3) is 3.91. The number of carbonyl (C=O) groups excluding carboxylic acids is 2. The van der Waals surface area contributed by atoms with Crippen LogP contribution < -0.4 is 10.6 Å².